The summed E-state index contributed by atoms with van der Waals surface area (Å²) in [6, 6.07) is 0.0607. The molecule has 0 bridgehead atoms. The van der Waals surface area contributed by atoms with Gasteiger partial charge < -0.3 is 5.32 Å². The van der Waals surface area contributed by atoms with Crippen LogP contribution in [0.25, 0.3) is 11.0 Å². The number of carbonyl (C=O) groups excluding carboxylic acids is 1. The summed E-state index contributed by atoms with van der Waals surface area (Å²) >= 11 is 1.33. The standard InChI is InChI=1S/C18H26N4O3S/c1-6-7-8-12-9-19-16-14(17(24)22(5)18(25)21(16)4)15(12)26-10-13(23)20-11(2)3/h9,11H,6-8,10H2,1-5H3,(H,20,23). The number of nitrogens with one attached hydrogen (secondary N) is 1. The zero-order valence-electron chi connectivity index (χ0n) is 16.0. The van der Waals surface area contributed by atoms with Crippen LogP contribution in [0.3, 0.4) is 0 Å². The van der Waals surface area contributed by atoms with Crippen molar-refractivity contribution in [3.63, 3.8) is 0 Å². The number of aryl methyl sites for hydroxylation is 2. The predicted molar refractivity (Wildman–Crippen MR) is 105 cm³/mol. The maximum absolute atomic E-state index is 12.8. The number of pyridine rings is 1. The van der Waals surface area contributed by atoms with Gasteiger partial charge in [-0.25, -0.2) is 9.78 Å². The second-order valence-electron chi connectivity index (χ2n) is 6.63. The van der Waals surface area contributed by atoms with Crippen LogP contribution >= 0.6 is 11.8 Å². The Kier molecular flexibility index (Phi) is 6.63. The predicted octanol–water partition coefficient (Wildman–Crippen LogP) is 1.59. The molecule has 1 N–H and O–H groups in total. The van der Waals surface area contributed by atoms with Crippen LogP contribution in [0.15, 0.2) is 20.7 Å². The lowest BCUT2D eigenvalue weighted by Crippen LogP contribution is -2.37. The van der Waals surface area contributed by atoms with Crippen LogP contribution in [-0.2, 0) is 25.3 Å². The van der Waals surface area contributed by atoms with E-state index in [0.717, 1.165) is 34.3 Å². The molecule has 0 spiro atoms. The van der Waals surface area contributed by atoms with Crippen molar-refractivity contribution >= 4 is 28.7 Å². The van der Waals surface area contributed by atoms with E-state index < -0.39 is 5.69 Å². The molecule has 26 heavy (non-hydrogen) atoms. The molecule has 0 aromatic carbocycles. The smallest absolute Gasteiger partial charge is 0.332 e. The number of thioether (sulfide) groups is 1. The maximum atomic E-state index is 12.8. The Balaban J connectivity index is 2.60. The minimum atomic E-state index is -0.412. The third-order valence-corrected chi connectivity index (χ3v) is 5.25. The van der Waals surface area contributed by atoms with Crippen molar-refractivity contribution in [1.29, 1.82) is 0 Å². The molecule has 1 amide bonds. The Hall–Kier alpha value is -2.09. The van der Waals surface area contributed by atoms with Crippen molar-refractivity contribution in [1.82, 2.24) is 19.4 Å². The SMILES string of the molecule is CCCCc1cnc2c(c1SCC(=O)NC(C)C)c(=O)n(C)c(=O)n2C. The average molecular weight is 378 g/mol. The normalized spacial score (nSPS) is 11.3. The van der Waals surface area contributed by atoms with Crippen LogP contribution in [0, 0.1) is 0 Å². The van der Waals surface area contributed by atoms with Gasteiger partial charge in [-0.15, -0.1) is 11.8 Å². The van der Waals surface area contributed by atoms with Crippen LogP contribution in [0.5, 0.6) is 0 Å². The first-order chi connectivity index (χ1) is 12.3. The van der Waals surface area contributed by atoms with Gasteiger partial charge in [-0.2, -0.15) is 0 Å². The molecule has 8 heteroatoms. The fourth-order valence-corrected chi connectivity index (χ4v) is 3.77. The van der Waals surface area contributed by atoms with Gasteiger partial charge in [0.25, 0.3) is 5.56 Å². The van der Waals surface area contributed by atoms with E-state index in [0.29, 0.717) is 11.0 Å². The third kappa shape index (κ3) is 4.17. The van der Waals surface area contributed by atoms with Gasteiger partial charge in [0, 0.05) is 31.2 Å². The third-order valence-electron chi connectivity index (χ3n) is 4.09. The lowest BCUT2D eigenvalue weighted by Gasteiger charge is -2.14. The monoisotopic (exact) mass is 378 g/mol. The van der Waals surface area contributed by atoms with Crippen LogP contribution in [-0.4, -0.2) is 31.8 Å². The Bertz CT molecular complexity index is 931. The number of hydrogen-bond donors (Lipinski definition) is 1. The van der Waals surface area contributed by atoms with E-state index in [9.17, 15) is 14.4 Å². The van der Waals surface area contributed by atoms with Crippen LogP contribution in [0.4, 0.5) is 0 Å². The highest BCUT2D eigenvalue weighted by molar-refractivity contribution is 8.00. The van der Waals surface area contributed by atoms with Crippen LogP contribution < -0.4 is 16.6 Å². The van der Waals surface area contributed by atoms with Crippen molar-refractivity contribution in [2.24, 2.45) is 14.1 Å². The van der Waals surface area contributed by atoms with E-state index in [2.05, 4.69) is 17.2 Å². The molecule has 2 aromatic rings. The first kappa shape index (κ1) is 20.2. The van der Waals surface area contributed by atoms with E-state index in [4.69, 9.17) is 0 Å². The molecular formula is C18H26N4O3S. The number of aromatic nitrogens is 3. The molecule has 0 aliphatic rings. The fraction of sp³-hybridized carbons (Fsp3) is 0.556. The molecule has 2 aromatic heterocycles. The van der Waals surface area contributed by atoms with E-state index in [1.54, 1.807) is 13.2 Å². The highest BCUT2D eigenvalue weighted by Gasteiger charge is 2.18. The van der Waals surface area contributed by atoms with Crippen molar-refractivity contribution in [3.8, 4) is 0 Å². The molecule has 0 fully saturated rings. The number of carbonyl (C=O) groups is 1. The summed E-state index contributed by atoms with van der Waals surface area (Å²) in [4.78, 5) is 42.1. The average Bonchev–Trinajstić information content (AvgIpc) is 2.60. The molecule has 0 unspecified atom stereocenters. The summed E-state index contributed by atoms with van der Waals surface area (Å²) in [5.41, 5.74) is 0.507. The number of unbranched alkanes of at least 4 members (excludes halogenated alkanes) is 1. The molecular weight excluding hydrogens is 352 g/mol. The van der Waals surface area contributed by atoms with Crippen molar-refractivity contribution in [2.45, 2.75) is 51.0 Å². The molecule has 2 heterocycles. The summed E-state index contributed by atoms with van der Waals surface area (Å²) in [5.74, 6) is 0.126. The first-order valence-electron chi connectivity index (χ1n) is 8.77. The Labute approximate surface area is 156 Å². The van der Waals surface area contributed by atoms with Crippen molar-refractivity contribution in [2.75, 3.05) is 5.75 Å². The van der Waals surface area contributed by atoms with Gasteiger partial charge in [0.1, 0.15) is 5.65 Å². The Morgan fingerprint density at radius 3 is 2.58 bits per heavy atom. The highest BCUT2D eigenvalue weighted by atomic mass is 32.2. The fourth-order valence-electron chi connectivity index (χ4n) is 2.75. The second-order valence-corrected chi connectivity index (χ2v) is 7.62. The first-order valence-corrected chi connectivity index (χ1v) is 9.76. The summed E-state index contributed by atoms with van der Waals surface area (Å²) in [5, 5.41) is 3.26. The molecule has 7 nitrogen and oxygen atoms in total. The quantitative estimate of drug-likeness (QED) is 0.740. The lowest BCUT2D eigenvalue weighted by atomic mass is 10.1. The van der Waals surface area contributed by atoms with E-state index in [1.165, 1.54) is 23.4 Å². The summed E-state index contributed by atoms with van der Waals surface area (Å²) < 4.78 is 2.46. The number of rotatable bonds is 7. The van der Waals surface area contributed by atoms with E-state index >= 15 is 0 Å². The molecule has 0 radical (unpaired) electrons. The summed E-state index contributed by atoms with van der Waals surface area (Å²) in [7, 11) is 3.06. The van der Waals surface area contributed by atoms with Gasteiger partial charge in [0.05, 0.1) is 11.1 Å². The van der Waals surface area contributed by atoms with Crippen LogP contribution in [0.1, 0.15) is 39.2 Å². The van der Waals surface area contributed by atoms with Crippen LogP contribution in [0.2, 0.25) is 0 Å². The molecule has 0 aliphatic heterocycles. The number of nitrogens with zero attached hydrogens (tertiary/aromatic N) is 3. The minimum Gasteiger partial charge on any atom is -0.353 e. The van der Waals surface area contributed by atoms with Gasteiger partial charge in [-0.1, -0.05) is 13.3 Å². The maximum Gasteiger partial charge on any atom is 0.332 e. The molecule has 0 saturated heterocycles. The van der Waals surface area contributed by atoms with E-state index in [-0.39, 0.29) is 23.3 Å². The Morgan fingerprint density at radius 1 is 1.27 bits per heavy atom. The number of hydrogen-bond acceptors (Lipinski definition) is 5. The van der Waals surface area contributed by atoms with Gasteiger partial charge in [-0.05, 0) is 32.3 Å². The highest BCUT2D eigenvalue weighted by Crippen LogP contribution is 2.29. The topological polar surface area (TPSA) is 86.0 Å². The van der Waals surface area contributed by atoms with E-state index in [1.807, 2.05) is 13.8 Å². The zero-order valence-corrected chi connectivity index (χ0v) is 16.8. The van der Waals surface area contributed by atoms with Gasteiger partial charge in [-0.3, -0.25) is 18.7 Å². The van der Waals surface area contributed by atoms with Gasteiger partial charge >= 0.3 is 5.69 Å². The zero-order chi connectivity index (χ0) is 19.4. The summed E-state index contributed by atoms with van der Waals surface area (Å²) in [6.45, 7) is 5.91. The lowest BCUT2D eigenvalue weighted by molar-refractivity contribution is -0.119. The van der Waals surface area contributed by atoms with Crippen molar-refractivity contribution < 1.29 is 4.79 Å². The molecule has 142 valence electrons. The largest absolute Gasteiger partial charge is 0.353 e. The van der Waals surface area contributed by atoms with Gasteiger partial charge in [0.2, 0.25) is 5.91 Å². The molecule has 0 saturated carbocycles. The summed E-state index contributed by atoms with van der Waals surface area (Å²) in [6.07, 6.45) is 4.48. The van der Waals surface area contributed by atoms with Gasteiger partial charge in [0.15, 0.2) is 0 Å². The Morgan fingerprint density at radius 2 is 1.96 bits per heavy atom. The minimum absolute atomic E-state index is 0.0607. The molecule has 0 atom stereocenters. The molecule has 2 rings (SSSR count). The number of amides is 1. The number of fused-ring (bicyclic) bond motifs is 1. The van der Waals surface area contributed by atoms with Crippen molar-refractivity contribution in [3.05, 3.63) is 32.6 Å². The molecule has 0 aliphatic carbocycles. The second kappa shape index (κ2) is 8.53.